The zero-order valence-electron chi connectivity index (χ0n) is 6.63. The molecular formula is C7H10N2OS. The van der Waals surface area contributed by atoms with Crippen molar-refractivity contribution in [3.8, 4) is 0 Å². The third kappa shape index (κ3) is 1.15. The molecule has 0 N–H and O–H groups in total. The smallest absolute Gasteiger partial charge is 0.233 e. The van der Waals surface area contributed by atoms with Crippen LogP contribution in [0.3, 0.4) is 0 Å². The minimum absolute atomic E-state index is 0.209. The van der Waals surface area contributed by atoms with Gasteiger partial charge >= 0.3 is 0 Å². The highest BCUT2D eigenvalue weighted by Crippen LogP contribution is 2.46. The van der Waals surface area contributed by atoms with Gasteiger partial charge in [-0.1, -0.05) is 23.8 Å². The second kappa shape index (κ2) is 2.24. The van der Waals surface area contributed by atoms with Crippen LogP contribution in [0.15, 0.2) is 9.68 Å². The summed E-state index contributed by atoms with van der Waals surface area (Å²) < 4.78 is 5.10. The molecule has 2 rings (SSSR count). The molecule has 1 fully saturated rings. The Kier molecular flexibility index (Phi) is 1.45. The maximum Gasteiger partial charge on any atom is 0.233 e. The van der Waals surface area contributed by atoms with Gasteiger partial charge in [0.2, 0.25) is 11.0 Å². The second-order valence-corrected chi connectivity index (χ2v) is 3.92. The summed E-state index contributed by atoms with van der Waals surface area (Å²) in [7, 11) is 0. The van der Waals surface area contributed by atoms with Crippen molar-refractivity contribution >= 4 is 11.8 Å². The zero-order chi connectivity index (χ0) is 7.90. The van der Waals surface area contributed by atoms with Crippen LogP contribution in [-0.2, 0) is 5.41 Å². The molecule has 1 saturated carbocycles. The Hall–Kier alpha value is -0.510. The van der Waals surface area contributed by atoms with E-state index in [2.05, 4.69) is 17.1 Å². The van der Waals surface area contributed by atoms with Crippen molar-refractivity contribution in [1.29, 1.82) is 0 Å². The first-order chi connectivity index (χ1) is 5.24. The molecule has 3 nitrogen and oxygen atoms in total. The standard InChI is InChI=1S/C7H10N2OS/c1-7(3-4-7)5-8-6(11-2)9-10-5/h3-4H2,1-2H3. The second-order valence-electron chi connectivity index (χ2n) is 3.15. The van der Waals surface area contributed by atoms with Crippen LogP contribution in [0.4, 0.5) is 0 Å². The summed E-state index contributed by atoms with van der Waals surface area (Å²) in [6.07, 6.45) is 4.32. The number of aromatic nitrogens is 2. The molecule has 0 spiro atoms. The minimum Gasteiger partial charge on any atom is -0.338 e. The average Bonchev–Trinajstić information content (AvgIpc) is 2.61. The van der Waals surface area contributed by atoms with E-state index in [4.69, 9.17) is 4.52 Å². The van der Waals surface area contributed by atoms with Crippen LogP contribution < -0.4 is 0 Å². The normalized spacial score (nSPS) is 20.2. The van der Waals surface area contributed by atoms with Crippen molar-refractivity contribution in [2.45, 2.75) is 30.3 Å². The number of rotatable bonds is 2. The molecule has 0 radical (unpaired) electrons. The highest BCUT2D eigenvalue weighted by Gasteiger charge is 2.44. The lowest BCUT2D eigenvalue weighted by Crippen LogP contribution is -1.98. The third-order valence-electron chi connectivity index (χ3n) is 2.11. The predicted molar refractivity (Wildman–Crippen MR) is 42.7 cm³/mol. The summed E-state index contributed by atoms with van der Waals surface area (Å²) in [5.74, 6) is 0.807. The van der Waals surface area contributed by atoms with Gasteiger partial charge in [-0.25, -0.2) is 0 Å². The Morgan fingerprint density at radius 2 is 2.27 bits per heavy atom. The lowest BCUT2D eigenvalue weighted by Gasteiger charge is -1.96. The maximum atomic E-state index is 5.10. The number of nitrogens with zero attached hydrogens (tertiary/aromatic N) is 2. The van der Waals surface area contributed by atoms with Crippen LogP contribution in [0.5, 0.6) is 0 Å². The van der Waals surface area contributed by atoms with Crippen LogP contribution in [0, 0.1) is 0 Å². The SMILES string of the molecule is CSc1noc(C2(C)CC2)n1. The van der Waals surface area contributed by atoms with Gasteiger partial charge < -0.3 is 4.52 Å². The molecule has 4 heteroatoms. The molecular weight excluding hydrogens is 160 g/mol. The zero-order valence-corrected chi connectivity index (χ0v) is 7.44. The largest absolute Gasteiger partial charge is 0.338 e. The molecule has 0 aromatic carbocycles. The highest BCUT2D eigenvalue weighted by molar-refractivity contribution is 7.98. The molecule has 1 heterocycles. The van der Waals surface area contributed by atoms with E-state index in [1.54, 1.807) is 0 Å². The number of hydrogen-bond acceptors (Lipinski definition) is 4. The average molecular weight is 170 g/mol. The quantitative estimate of drug-likeness (QED) is 0.635. The van der Waals surface area contributed by atoms with E-state index in [1.165, 1.54) is 24.6 Å². The van der Waals surface area contributed by atoms with Crippen molar-refractivity contribution in [1.82, 2.24) is 10.1 Å². The predicted octanol–water partition coefficient (Wildman–Crippen LogP) is 1.84. The van der Waals surface area contributed by atoms with E-state index in [1.807, 2.05) is 6.26 Å². The fourth-order valence-corrected chi connectivity index (χ4v) is 1.23. The van der Waals surface area contributed by atoms with E-state index in [-0.39, 0.29) is 5.41 Å². The Balaban J connectivity index is 2.25. The highest BCUT2D eigenvalue weighted by atomic mass is 32.2. The van der Waals surface area contributed by atoms with E-state index >= 15 is 0 Å². The summed E-state index contributed by atoms with van der Waals surface area (Å²) >= 11 is 1.52. The molecule has 0 unspecified atom stereocenters. The molecule has 0 saturated heterocycles. The van der Waals surface area contributed by atoms with Gasteiger partial charge in [0.05, 0.1) is 0 Å². The molecule has 0 atom stereocenters. The minimum atomic E-state index is 0.209. The number of hydrogen-bond donors (Lipinski definition) is 0. The molecule has 1 aliphatic carbocycles. The molecule has 60 valence electrons. The summed E-state index contributed by atoms with van der Waals surface area (Å²) in [6.45, 7) is 2.16. The van der Waals surface area contributed by atoms with Crippen molar-refractivity contribution in [2.24, 2.45) is 0 Å². The van der Waals surface area contributed by atoms with Crippen molar-refractivity contribution in [3.63, 3.8) is 0 Å². The number of thioether (sulfide) groups is 1. The van der Waals surface area contributed by atoms with Gasteiger partial charge in [-0.2, -0.15) is 4.98 Å². The van der Waals surface area contributed by atoms with E-state index in [0.717, 1.165) is 11.0 Å². The Bertz CT molecular complexity index is 267. The van der Waals surface area contributed by atoms with Crippen LogP contribution in [-0.4, -0.2) is 16.4 Å². The fraction of sp³-hybridized carbons (Fsp3) is 0.714. The fourth-order valence-electron chi connectivity index (χ4n) is 0.939. The Morgan fingerprint density at radius 1 is 1.55 bits per heavy atom. The first-order valence-corrected chi connectivity index (χ1v) is 4.85. The summed E-state index contributed by atoms with van der Waals surface area (Å²) in [6, 6.07) is 0. The Labute approximate surface area is 69.6 Å². The van der Waals surface area contributed by atoms with Crippen LogP contribution in [0.25, 0.3) is 0 Å². The molecule has 11 heavy (non-hydrogen) atoms. The van der Waals surface area contributed by atoms with Crippen LogP contribution in [0.2, 0.25) is 0 Å². The molecule has 0 aliphatic heterocycles. The molecule has 1 aromatic rings. The van der Waals surface area contributed by atoms with E-state index < -0.39 is 0 Å². The van der Waals surface area contributed by atoms with Gasteiger partial charge in [0, 0.05) is 5.41 Å². The van der Waals surface area contributed by atoms with Gasteiger partial charge in [-0.05, 0) is 19.1 Å². The van der Waals surface area contributed by atoms with E-state index in [9.17, 15) is 0 Å². The van der Waals surface area contributed by atoms with Crippen molar-refractivity contribution < 1.29 is 4.52 Å². The van der Waals surface area contributed by atoms with Crippen molar-refractivity contribution in [3.05, 3.63) is 5.89 Å². The lowest BCUT2D eigenvalue weighted by atomic mass is 10.1. The first kappa shape index (κ1) is 7.16. The summed E-state index contributed by atoms with van der Waals surface area (Å²) in [5.41, 5.74) is 0.209. The maximum absolute atomic E-state index is 5.10. The van der Waals surface area contributed by atoms with Gasteiger partial charge in [-0.3, -0.25) is 0 Å². The van der Waals surface area contributed by atoms with E-state index in [0.29, 0.717) is 0 Å². The van der Waals surface area contributed by atoms with Crippen LogP contribution >= 0.6 is 11.8 Å². The van der Waals surface area contributed by atoms with Gasteiger partial charge in [0.1, 0.15) is 0 Å². The van der Waals surface area contributed by atoms with Crippen LogP contribution in [0.1, 0.15) is 25.7 Å². The molecule has 0 amide bonds. The Morgan fingerprint density at radius 3 is 2.73 bits per heavy atom. The first-order valence-electron chi connectivity index (χ1n) is 3.63. The third-order valence-corrected chi connectivity index (χ3v) is 2.64. The van der Waals surface area contributed by atoms with Crippen molar-refractivity contribution in [2.75, 3.05) is 6.26 Å². The van der Waals surface area contributed by atoms with Gasteiger partial charge in [0.25, 0.3) is 0 Å². The molecule has 1 aliphatic rings. The summed E-state index contributed by atoms with van der Waals surface area (Å²) in [5, 5.41) is 4.56. The molecule has 1 aromatic heterocycles. The van der Waals surface area contributed by atoms with Gasteiger partial charge in [-0.15, -0.1) is 0 Å². The lowest BCUT2D eigenvalue weighted by molar-refractivity contribution is 0.345. The van der Waals surface area contributed by atoms with Gasteiger partial charge in [0.15, 0.2) is 0 Å². The summed E-state index contributed by atoms with van der Waals surface area (Å²) in [4.78, 5) is 4.25. The topological polar surface area (TPSA) is 38.9 Å². The molecule has 0 bridgehead atoms. The monoisotopic (exact) mass is 170 g/mol.